The van der Waals surface area contributed by atoms with Crippen molar-refractivity contribution in [2.24, 2.45) is 0 Å². The number of hydrogen-bond acceptors (Lipinski definition) is 2. The molecular weight excluding hydrogens is 346 g/mol. The smallest absolute Gasteiger partial charge is 0.0631 e. The molecule has 1 aromatic rings. The molecule has 17 heavy (non-hydrogen) atoms. The maximum absolute atomic E-state index is 9.49. The molecule has 0 heterocycles. The third-order valence-corrected chi connectivity index (χ3v) is 4.48. The van der Waals surface area contributed by atoms with E-state index in [0.29, 0.717) is 6.04 Å². The third kappa shape index (κ3) is 3.46. The Balaban J connectivity index is 2.08. The van der Waals surface area contributed by atoms with Crippen LogP contribution in [0.25, 0.3) is 0 Å². The highest BCUT2D eigenvalue weighted by Crippen LogP contribution is 2.34. The van der Waals surface area contributed by atoms with Gasteiger partial charge in [-0.3, -0.25) is 0 Å². The van der Waals surface area contributed by atoms with E-state index in [2.05, 4.69) is 56.2 Å². The van der Waals surface area contributed by atoms with Crippen LogP contribution in [0.3, 0.4) is 0 Å². The minimum Gasteiger partial charge on any atom is -0.393 e. The van der Waals surface area contributed by atoms with Crippen molar-refractivity contribution in [2.45, 2.75) is 44.8 Å². The summed E-state index contributed by atoms with van der Waals surface area (Å²) in [7, 11) is 0. The van der Waals surface area contributed by atoms with Gasteiger partial charge in [-0.05, 0) is 82.2 Å². The second-order valence-corrected chi connectivity index (χ2v) is 6.46. The van der Waals surface area contributed by atoms with Gasteiger partial charge in [0, 0.05) is 15.0 Å². The summed E-state index contributed by atoms with van der Waals surface area (Å²) >= 11 is 7.19. The largest absolute Gasteiger partial charge is 0.393 e. The lowest BCUT2D eigenvalue weighted by Gasteiger charge is -2.28. The number of anilines is 1. The van der Waals surface area contributed by atoms with Crippen molar-refractivity contribution in [1.29, 1.82) is 0 Å². The molecule has 4 heteroatoms. The lowest BCUT2D eigenvalue weighted by Crippen LogP contribution is -2.28. The summed E-state index contributed by atoms with van der Waals surface area (Å²) in [5, 5.41) is 13.1. The van der Waals surface area contributed by atoms with Gasteiger partial charge in [-0.2, -0.15) is 0 Å². The fourth-order valence-corrected chi connectivity index (χ4v) is 3.91. The zero-order valence-electron chi connectivity index (χ0n) is 9.84. The topological polar surface area (TPSA) is 32.3 Å². The van der Waals surface area contributed by atoms with Crippen LogP contribution in [0.5, 0.6) is 0 Å². The normalized spacial score (nSPS) is 24.7. The SMILES string of the molecule is Cc1cc(Br)c(NC2CCC(O)CC2)c(Br)c1. The van der Waals surface area contributed by atoms with E-state index in [-0.39, 0.29) is 6.10 Å². The quantitative estimate of drug-likeness (QED) is 0.824. The summed E-state index contributed by atoms with van der Waals surface area (Å²) in [4.78, 5) is 0. The van der Waals surface area contributed by atoms with Crippen LogP contribution >= 0.6 is 31.9 Å². The van der Waals surface area contributed by atoms with E-state index in [1.54, 1.807) is 0 Å². The maximum Gasteiger partial charge on any atom is 0.0631 e. The fraction of sp³-hybridized carbons (Fsp3) is 0.538. The van der Waals surface area contributed by atoms with E-state index in [0.717, 1.165) is 40.3 Å². The van der Waals surface area contributed by atoms with E-state index in [9.17, 15) is 5.11 Å². The van der Waals surface area contributed by atoms with Crippen molar-refractivity contribution in [1.82, 2.24) is 0 Å². The van der Waals surface area contributed by atoms with Crippen molar-refractivity contribution in [2.75, 3.05) is 5.32 Å². The molecule has 2 N–H and O–H groups in total. The molecule has 0 amide bonds. The minimum atomic E-state index is -0.0991. The van der Waals surface area contributed by atoms with E-state index in [1.807, 2.05) is 0 Å². The number of benzene rings is 1. The van der Waals surface area contributed by atoms with E-state index in [4.69, 9.17) is 0 Å². The first-order valence-corrected chi connectivity index (χ1v) is 7.55. The number of aryl methyl sites for hydroxylation is 1. The maximum atomic E-state index is 9.49. The van der Waals surface area contributed by atoms with Crippen LogP contribution in [0.1, 0.15) is 31.2 Å². The predicted octanol–water partition coefficient (Wildman–Crippen LogP) is 4.24. The molecule has 0 spiro atoms. The number of halogens is 2. The molecule has 2 nitrogen and oxygen atoms in total. The van der Waals surface area contributed by atoms with Crippen molar-refractivity contribution in [3.63, 3.8) is 0 Å². The van der Waals surface area contributed by atoms with Gasteiger partial charge >= 0.3 is 0 Å². The molecule has 1 saturated carbocycles. The Labute approximate surface area is 119 Å². The molecule has 1 aliphatic carbocycles. The van der Waals surface area contributed by atoms with Gasteiger partial charge in [-0.1, -0.05) is 0 Å². The second kappa shape index (κ2) is 5.72. The van der Waals surface area contributed by atoms with Crippen LogP contribution in [0.15, 0.2) is 21.1 Å². The summed E-state index contributed by atoms with van der Waals surface area (Å²) in [6, 6.07) is 4.70. The Kier molecular flexibility index (Phi) is 4.50. The van der Waals surface area contributed by atoms with Crippen molar-refractivity contribution < 1.29 is 5.11 Å². The summed E-state index contributed by atoms with van der Waals surface area (Å²) in [5.74, 6) is 0. The zero-order valence-corrected chi connectivity index (χ0v) is 13.0. The van der Waals surface area contributed by atoms with Gasteiger partial charge in [-0.15, -0.1) is 0 Å². The van der Waals surface area contributed by atoms with Gasteiger partial charge in [0.25, 0.3) is 0 Å². The van der Waals surface area contributed by atoms with E-state index < -0.39 is 0 Å². The summed E-state index contributed by atoms with van der Waals surface area (Å²) < 4.78 is 2.19. The van der Waals surface area contributed by atoms with Crippen LogP contribution in [0.4, 0.5) is 5.69 Å². The molecule has 2 rings (SSSR count). The lowest BCUT2D eigenvalue weighted by atomic mass is 9.93. The molecule has 0 radical (unpaired) electrons. The molecule has 0 atom stereocenters. The molecule has 1 aromatic carbocycles. The van der Waals surface area contributed by atoms with Crippen molar-refractivity contribution in [3.05, 3.63) is 26.6 Å². The predicted molar refractivity (Wildman–Crippen MR) is 78.5 cm³/mol. The number of aliphatic hydroxyl groups is 1. The minimum absolute atomic E-state index is 0.0991. The molecule has 0 aromatic heterocycles. The van der Waals surface area contributed by atoms with Gasteiger partial charge in [-0.25, -0.2) is 0 Å². The Morgan fingerprint density at radius 2 is 1.65 bits per heavy atom. The van der Waals surface area contributed by atoms with Crippen LogP contribution < -0.4 is 5.32 Å². The van der Waals surface area contributed by atoms with E-state index >= 15 is 0 Å². The zero-order chi connectivity index (χ0) is 12.4. The molecule has 1 aliphatic rings. The van der Waals surface area contributed by atoms with Crippen molar-refractivity contribution >= 4 is 37.5 Å². The first-order chi connectivity index (χ1) is 8.06. The van der Waals surface area contributed by atoms with Crippen LogP contribution in [0.2, 0.25) is 0 Å². The lowest BCUT2D eigenvalue weighted by molar-refractivity contribution is 0.126. The van der Waals surface area contributed by atoms with Gasteiger partial charge in [0.2, 0.25) is 0 Å². The molecule has 0 saturated heterocycles. The van der Waals surface area contributed by atoms with Crippen LogP contribution in [-0.4, -0.2) is 17.3 Å². The Hall–Kier alpha value is -0.0600. The Bertz CT molecular complexity index is 377. The average Bonchev–Trinajstić information content (AvgIpc) is 2.26. The van der Waals surface area contributed by atoms with Crippen LogP contribution in [0, 0.1) is 6.92 Å². The number of rotatable bonds is 2. The average molecular weight is 363 g/mol. The standard InChI is InChI=1S/C13H17Br2NO/c1-8-6-11(14)13(12(15)7-8)16-9-2-4-10(17)5-3-9/h6-7,9-10,16-17H,2-5H2,1H3. The molecule has 0 bridgehead atoms. The molecule has 1 fully saturated rings. The number of aliphatic hydroxyl groups excluding tert-OH is 1. The highest BCUT2D eigenvalue weighted by Gasteiger charge is 2.20. The van der Waals surface area contributed by atoms with Gasteiger partial charge in [0.15, 0.2) is 0 Å². The fourth-order valence-electron chi connectivity index (χ4n) is 2.26. The molecule has 0 unspecified atom stereocenters. The summed E-state index contributed by atoms with van der Waals surface area (Å²) in [6.45, 7) is 2.08. The van der Waals surface area contributed by atoms with Crippen LogP contribution in [-0.2, 0) is 0 Å². The molecule has 0 aliphatic heterocycles. The summed E-state index contributed by atoms with van der Waals surface area (Å²) in [5.41, 5.74) is 2.35. The van der Waals surface area contributed by atoms with Gasteiger partial charge < -0.3 is 10.4 Å². The molecular formula is C13H17Br2NO. The number of hydrogen-bond donors (Lipinski definition) is 2. The highest BCUT2D eigenvalue weighted by molar-refractivity contribution is 9.11. The monoisotopic (exact) mass is 361 g/mol. The first-order valence-electron chi connectivity index (χ1n) is 5.96. The Morgan fingerprint density at radius 3 is 2.18 bits per heavy atom. The number of nitrogens with one attached hydrogen (secondary N) is 1. The summed E-state index contributed by atoms with van der Waals surface area (Å²) in [6.07, 6.45) is 3.78. The van der Waals surface area contributed by atoms with E-state index in [1.165, 1.54) is 5.56 Å². The first kappa shape index (κ1) is 13.4. The van der Waals surface area contributed by atoms with Crippen molar-refractivity contribution in [3.8, 4) is 0 Å². The highest BCUT2D eigenvalue weighted by atomic mass is 79.9. The van der Waals surface area contributed by atoms with Gasteiger partial charge in [0.05, 0.1) is 11.8 Å². The van der Waals surface area contributed by atoms with Gasteiger partial charge in [0.1, 0.15) is 0 Å². The molecule has 94 valence electrons. The third-order valence-electron chi connectivity index (χ3n) is 3.23. The second-order valence-electron chi connectivity index (χ2n) is 4.75. The Morgan fingerprint density at radius 1 is 1.12 bits per heavy atom.